The molecule has 0 radical (unpaired) electrons. The molecule has 0 aliphatic rings. The minimum Gasteiger partial charge on any atom is -0.372 e. The Morgan fingerprint density at radius 3 is 1.42 bits per heavy atom. The summed E-state index contributed by atoms with van der Waals surface area (Å²) in [5, 5.41) is 11.7. The van der Waals surface area contributed by atoms with Crippen molar-refractivity contribution in [2.45, 2.75) is 129 Å². The van der Waals surface area contributed by atoms with Crippen LogP contribution in [0.2, 0.25) is 0 Å². The molecule has 0 bridgehead atoms. The van der Waals surface area contributed by atoms with Gasteiger partial charge in [-0.1, -0.05) is 110 Å². The molecule has 0 aliphatic carbocycles. The summed E-state index contributed by atoms with van der Waals surface area (Å²) in [5.41, 5.74) is 5.25. The Hall–Kier alpha value is -0.610. The second kappa shape index (κ2) is 20.7. The average Bonchev–Trinajstić information content (AvgIpc) is 2.64. The predicted molar refractivity (Wildman–Crippen MR) is 112 cm³/mol. The van der Waals surface area contributed by atoms with Crippen molar-refractivity contribution in [3.63, 3.8) is 0 Å². The summed E-state index contributed by atoms with van der Waals surface area (Å²) in [7, 11) is 0. The van der Waals surface area contributed by atoms with Gasteiger partial charge in [0, 0.05) is 13.0 Å². The molecular weight excluding hydrogens is 324 g/mol. The number of hydrogen-bond acceptors (Lipinski definition) is 3. The minimum atomic E-state index is -0.895. The van der Waals surface area contributed by atoms with Crippen molar-refractivity contribution in [1.29, 1.82) is 0 Å². The van der Waals surface area contributed by atoms with Gasteiger partial charge in [-0.25, -0.2) is 0 Å². The Balaban J connectivity index is 3.10. The lowest BCUT2D eigenvalue weighted by molar-refractivity contribution is -0.124. The summed E-state index contributed by atoms with van der Waals surface area (Å²) in [4.78, 5) is 11.4. The fourth-order valence-corrected chi connectivity index (χ4v) is 3.33. The lowest BCUT2D eigenvalue weighted by Crippen LogP contribution is -2.39. The van der Waals surface area contributed by atoms with Gasteiger partial charge in [-0.3, -0.25) is 4.79 Å². The average molecular weight is 371 g/mol. The third-order valence-electron chi connectivity index (χ3n) is 5.06. The first kappa shape index (κ1) is 25.4. The number of nitrogens with one attached hydrogen (secondary N) is 1. The number of rotatable bonds is 20. The summed E-state index contributed by atoms with van der Waals surface area (Å²) in [5.74, 6) is -0.0936. The van der Waals surface area contributed by atoms with Gasteiger partial charge >= 0.3 is 0 Å². The molecule has 26 heavy (non-hydrogen) atoms. The first-order valence-electron chi connectivity index (χ1n) is 11.4. The summed E-state index contributed by atoms with van der Waals surface area (Å²) >= 11 is 0. The van der Waals surface area contributed by atoms with Crippen LogP contribution in [0.3, 0.4) is 0 Å². The highest BCUT2D eigenvalue weighted by Crippen LogP contribution is 2.14. The number of carbonyl (C=O) groups excluding carboxylic acids is 1. The van der Waals surface area contributed by atoms with E-state index in [0.717, 1.165) is 12.8 Å². The van der Waals surface area contributed by atoms with Crippen molar-refractivity contribution in [2.24, 2.45) is 5.73 Å². The summed E-state index contributed by atoms with van der Waals surface area (Å²) in [6.07, 6.45) is 22.4. The van der Waals surface area contributed by atoms with E-state index in [0.29, 0.717) is 6.42 Å². The van der Waals surface area contributed by atoms with E-state index < -0.39 is 6.23 Å². The topological polar surface area (TPSA) is 75.3 Å². The molecule has 0 fully saturated rings. The molecule has 0 aromatic heterocycles. The SMILES string of the molecule is CCCCCCCCCCCCCCCCCCCC(=O)NC(O)CN. The van der Waals surface area contributed by atoms with Gasteiger partial charge in [0.15, 0.2) is 0 Å². The van der Waals surface area contributed by atoms with Crippen molar-refractivity contribution >= 4 is 5.91 Å². The quantitative estimate of drug-likeness (QED) is 0.198. The van der Waals surface area contributed by atoms with Gasteiger partial charge < -0.3 is 16.2 Å². The summed E-state index contributed by atoms with van der Waals surface area (Å²) in [6, 6.07) is 0. The minimum absolute atomic E-state index is 0.0742. The van der Waals surface area contributed by atoms with Gasteiger partial charge in [0.1, 0.15) is 6.23 Å². The lowest BCUT2D eigenvalue weighted by Gasteiger charge is -2.09. The summed E-state index contributed by atoms with van der Waals surface area (Å²) < 4.78 is 0. The molecule has 156 valence electrons. The zero-order valence-corrected chi connectivity index (χ0v) is 17.4. The molecule has 0 saturated carbocycles. The van der Waals surface area contributed by atoms with Crippen LogP contribution in [0.4, 0.5) is 0 Å². The van der Waals surface area contributed by atoms with Crippen molar-refractivity contribution < 1.29 is 9.90 Å². The van der Waals surface area contributed by atoms with E-state index in [1.165, 1.54) is 96.3 Å². The van der Waals surface area contributed by atoms with E-state index in [-0.39, 0.29) is 12.5 Å². The van der Waals surface area contributed by atoms with Crippen molar-refractivity contribution in [1.82, 2.24) is 5.32 Å². The van der Waals surface area contributed by atoms with Crippen molar-refractivity contribution in [3.05, 3.63) is 0 Å². The van der Waals surface area contributed by atoms with Gasteiger partial charge in [-0.05, 0) is 6.42 Å². The fourth-order valence-electron chi connectivity index (χ4n) is 3.33. The highest BCUT2D eigenvalue weighted by atomic mass is 16.3. The van der Waals surface area contributed by atoms with Gasteiger partial charge in [0.25, 0.3) is 0 Å². The maximum absolute atomic E-state index is 11.4. The van der Waals surface area contributed by atoms with E-state index in [1.807, 2.05) is 0 Å². The molecule has 4 N–H and O–H groups in total. The normalized spacial score (nSPS) is 12.3. The van der Waals surface area contributed by atoms with Gasteiger partial charge in [0.05, 0.1) is 0 Å². The number of carbonyl (C=O) groups is 1. The number of nitrogens with two attached hydrogens (primary N) is 1. The molecule has 0 heterocycles. The monoisotopic (exact) mass is 370 g/mol. The molecule has 1 unspecified atom stereocenters. The molecule has 1 atom stereocenters. The van der Waals surface area contributed by atoms with Crippen molar-refractivity contribution in [2.75, 3.05) is 6.54 Å². The highest BCUT2D eigenvalue weighted by Gasteiger charge is 2.05. The zero-order chi connectivity index (χ0) is 19.3. The predicted octanol–water partition coefficient (Wildman–Crippen LogP) is 5.42. The first-order chi connectivity index (χ1) is 12.7. The van der Waals surface area contributed by atoms with Gasteiger partial charge in [-0.15, -0.1) is 0 Å². The standard InChI is InChI=1S/C22H46N2O2/c1-2-3-4-5-6-7-8-9-10-11-12-13-14-15-16-17-18-19-21(25)24-22(26)20-23/h22,26H,2-20,23H2,1H3,(H,24,25). The van der Waals surface area contributed by atoms with Crippen LogP contribution >= 0.6 is 0 Å². The number of unbranched alkanes of at least 4 members (excludes halogenated alkanes) is 16. The van der Waals surface area contributed by atoms with Crippen LogP contribution < -0.4 is 11.1 Å². The molecule has 4 heteroatoms. The van der Waals surface area contributed by atoms with Gasteiger partial charge in [0.2, 0.25) is 5.91 Å². The second-order valence-electron chi connectivity index (χ2n) is 7.73. The number of aliphatic hydroxyl groups is 1. The molecule has 0 rings (SSSR count). The van der Waals surface area contributed by atoms with Gasteiger partial charge in [-0.2, -0.15) is 0 Å². The second-order valence-corrected chi connectivity index (χ2v) is 7.73. The molecule has 4 nitrogen and oxygen atoms in total. The van der Waals surface area contributed by atoms with Crippen LogP contribution in [-0.4, -0.2) is 23.8 Å². The Bertz CT molecular complexity index is 298. The van der Waals surface area contributed by atoms with Crippen LogP contribution in [0.15, 0.2) is 0 Å². The maximum atomic E-state index is 11.4. The molecular formula is C22H46N2O2. The van der Waals surface area contributed by atoms with E-state index in [4.69, 9.17) is 5.73 Å². The van der Waals surface area contributed by atoms with E-state index >= 15 is 0 Å². The zero-order valence-electron chi connectivity index (χ0n) is 17.4. The first-order valence-corrected chi connectivity index (χ1v) is 11.4. The molecule has 0 saturated heterocycles. The lowest BCUT2D eigenvalue weighted by atomic mass is 10.0. The highest BCUT2D eigenvalue weighted by molar-refractivity contribution is 5.75. The van der Waals surface area contributed by atoms with E-state index in [1.54, 1.807) is 0 Å². The fraction of sp³-hybridized carbons (Fsp3) is 0.955. The molecule has 0 aromatic rings. The van der Waals surface area contributed by atoms with E-state index in [9.17, 15) is 9.90 Å². The maximum Gasteiger partial charge on any atom is 0.222 e. The number of hydrogen-bond donors (Lipinski definition) is 3. The summed E-state index contributed by atoms with van der Waals surface area (Å²) in [6.45, 7) is 2.35. The number of aliphatic hydroxyl groups excluding tert-OH is 1. The number of amides is 1. The third-order valence-corrected chi connectivity index (χ3v) is 5.06. The van der Waals surface area contributed by atoms with Crippen LogP contribution in [0.25, 0.3) is 0 Å². The molecule has 0 aliphatic heterocycles. The molecule has 0 spiro atoms. The Labute approximate surface area is 162 Å². The Morgan fingerprint density at radius 1 is 0.731 bits per heavy atom. The van der Waals surface area contributed by atoms with E-state index in [2.05, 4.69) is 12.2 Å². The van der Waals surface area contributed by atoms with Crippen LogP contribution in [0.1, 0.15) is 122 Å². The van der Waals surface area contributed by atoms with Crippen LogP contribution in [-0.2, 0) is 4.79 Å². The van der Waals surface area contributed by atoms with Crippen molar-refractivity contribution in [3.8, 4) is 0 Å². The smallest absolute Gasteiger partial charge is 0.222 e. The third kappa shape index (κ3) is 19.7. The molecule has 0 aromatic carbocycles. The molecule has 1 amide bonds. The largest absolute Gasteiger partial charge is 0.372 e. The van der Waals surface area contributed by atoms with Crippen LogP contribution in [0.5, 0.6) is 0 Å². The van der Waals surface area contributed by atoms with Crippen LogP contribution in [0, 0.1) is 0 Å². The Kier molecular flexibility index (Phi) is 20.2. The Morgan fingerprint density at radius 2 is 1.08 bits per heavy atom.